The van der Waals surface area contributed by atoms with Crippen molar-refractivity contribution in [1.82, 2.24) is 0 Å². The summed E-state index contributed by atoms with van der Waals surface area (Å²) in [6.45, 7) is 5.06. The molecule has 1 aromatic carbocycles. The summed E-state index contributed by atoms with van der Waals surface area (Å²) in [6.07, 6.45) is 0.920. The highest BCUT2D eigenvalue weighted by molar-refractivity contribution is 5.67. The average Bonchev–Trinajstić information content (AvgIpc) is 3.19. The Balaban J connectivity index is 1.65. The highest BCUT2D eigenvalue weighted by atomic mass is 16.7. The smallest absolute Gasteiger partial charge is 0.303 e. The number of esters is 2. The summed E-state index contributed by atoms with van der Waals surface area (Å²) in [7, 11) is 2.29. The minimum Gasteiger partial charge on any atom is -0.459 e. The van der Waals surface area contributed by atoms with Gasteiger partial charge < -0.3 is 23.4 Å². The lowest BCUT2D eigenvalue weighted by molar-refractivity contribution is -0.940. The Morgan fingerprint density at radius 3 is 2.54 bits per heavy atom. The minimum absolute atomic E-state index is 0.0299. The number of likely N-dealkylation sites (N-methyl/N-ethyl adjacent to an activating group) is 1. The summed E-state index contributed by atoms with van der Waals surface area (Å²) >= 11 is 0. The van der Waals surface area contributed by atoms with Crippen molar-refractivity contribution >= 4 is 11.9 Å². The number of rotatable bonds is 2. The van der Waals surface area contributed by atoms with Crippen molar-refractivity contribution < 1.29 is 33.0 Å². The van der Waals surface area contributed by atoms with Crippen molar-refractivity contribution in [2.24, 2.45) is 5.92 Å². The lowest BCUT2D eigenvalue weighted by Crippen LogP contribution is -2.62. The van der Waals surface area contributed by atoms with Crippen molar-refractivity contribution in [2.75, 3.05) is 20.4 Å². The highest BCUT2D eigenvalue weighted by Gasteiger charge is 2.61. The minimum atomic E-state index is -0.488. The SMILES string of the molecule is CC(=O)O[C@H]1[C@H]2c3cc4c(cc3C[N+]3(C)CC[C@H](C[C@@H]1OC(C)=O)[C@H]23)OCO4. The quantitative estimate of drug-likeness (QED) is 0.571. The molecule has 4 aliphatic rings. The maximum Gasteiger partial charge on any atom is 0.303 e. The Kier molecular flexibility index (Phi) is 3.88. The van der Waals surface area contributed by atoms with E-state index in [-0.39, 0.29) is 24.6 Å². The lowest BCUT2D eigenvalue weighted by atomic mass is 9.67. The van der Waals surface area contributed by atoms with E-state index in [0.717, 1.165) is 47.5 Å². The van der Waals surface area contributed by atoms with E-state index < -0.39 is 12.2 Å². The number of quaternary nitrogens is 1. The van der Waals surface area contributed by atoms with Gasteiger partial charge in [-0.3, -0.25) is 9.59 Å². The summed E-state index contributed by atoms with van der Waals surface area (Å²) in [5.41, 5.74) is 2.34. The van der Waals surface area contributed by atoms with Gasteiger partial charge in [-0.25, -0.2) is 0 Å². The largest absolute Gasteiger partial charge is 0.459 e. The van der Waals surface area contributed by atoms with Crippen LogP contribution in [-0.4, -0.2) is 55.1 Å². The topological polar surface area (TPSA) is 71.1 Å². The second-order valence-corrected chi connectivity index (χ2v) is 8.79. The molecular formula is C21H26NO6+. The normalized spacial score (nSPS) is 37.0. The van der Waals surface area contributed by atoms with Crippen LogP contribution in [-0.2, 0) is 25.6 Å². The van der Waals surface area contributed by atoms with Crippen LogP contribution in [0.25, 0.3) is 0 Å². The highest BCUT2D eigenvalue weighted by Crippen LogP contribution is 2.55. The van der Waals surface area contributed by atoms with E-state index >= 15 is 0 Å². The number of ether oxygens (including phenoxy) is 4. The summed E-state index contributed by atoms with van der Waals surface area (Å²) < 4.78 is 23.6. The maximum absolute atomic E-state index is 12.0. The molecule has 0 amide bonds. The van der Waals surface area contributed by atoms with Gasteiger partial charge in [0, 0.05) is 31.7 Å². The first-order valence-electron chi connectivity index (χ1n) is 9.97. The van der Waals surface area contributed by atoms with Crippen molar-refractivity contribution in [1.29, 1.82) is 0 Å². The first kappa shape index (κ1) is 17.8. The van der Waals surface area contributed by atoms with Gasteiger partial charge in [0.25, 0.3) is 0 Å². The second-order valence-electron chi connectivity index (χ2n) is 8.79. The van der Waals surface area contributed by atoms with E-state index in [9.17, 15) is 9.59 Å². The van der Waals surface area contributed by atoms with Gasteiger partial charge in [-0.15, -0.1) is 0 Å². The molecule has 5 rings (SSSR count). The van der Waals surface area contributed by atoms with Gasteiger partial charge in [0.15, 0.2) is 17.6 Å². The van der Waals surface area contributed by atoms with Crippen LogP contribution in [0.2, 0.25) is 0 Å². The second kappa shape index (κ2) is 6.11. The molecule has 1 saturated heterocycles. The van der Waals surface area contributed by atoms with E-state index in [0.29, 0.717) is 12.0 Å². The molecule has 0 radical (unpaired) electrons. The van der Waals surface area contributed by atoms with Crippen molar-refractivity contribution in [3.63, 3.8) is 0 Å². The van der Waals surface area contributed by atoms with Crippen molar-refractivity contribution in [3.8, 4) is 11.5 Å². The summed E-state index contributed by atoms with van der Waals surface area (Å²) in [4.78, 5) is 23.7. The van der Waals surface area contributed by atoms with E-state index in [1.54, 1.807) is 0 Å². The number of benzene rings is 1. The van der Waals surface area contributed by atoms with Crippen LogP contribution in [0, 0.1) is 5.92 Å². The molecule has 0 spiro atoms. The fourth-order valence-corrected chi connectivity index (χ4v) is 6.14. The average molecular weight is 388 g/mol. The van der Waals surface area contributed by atoms with Gasteiger partial charge in [-0.1, -0.05) is 0 Å². The zero-order valence-corrected chi connectivity index (χ0v) is 16.5. The Labute approximate surface area is 164 Å². The Morgan fingerprint density at radius 2 is 1.82 bits per heavy atom. The van der Waals surface area contributed by atoms with Gasteiger partial charge in [-0.2, -0.15) is 0 Å². The molecule has 7 heteroatoms. The third-order valence-electron chi connectivity index (χ3n) is 6.98. The Morgan fingerprint density at radius 1 is 1.11 bits per heavy atom. The molecule has 7 nitrogen and oxygen atoms in total. The van der Waals surface area contributed by atoms with E-state index in [1.807, 2.05) is 6.07 Å². The Bertz CT molecular complexity index is 854. The number of hydrogen-bond donors (Lipinski definition) is 0. The van der Waals surface area contributed by atoms with Crippen LogP contribution in [0.3, 0.4) is 0 Å². The van der Waals surface area contributed by atoms with E-state index in [4.69, 9.17) is 18.9 Å². The van der Waals surface area contributed by atoms with Gasteiger partial charge >= 0.3 is 11.9 Å². The van der Waals surface area contributed by atoms with E-state index in [2.05, 4.69) is 13.1 Å². The molecular weight excluding hydrogens is 362 g/mol. The first-order valence-corrected chi connectivity index (χ1v) is 9.97. The fourth-order valence-electron chi connectivity index (χ4n) is 6.14. The van der Waals surface area contributed by atoms with Crippen molar-refractivity contribution in [3.05, 3.63) is 23.3 Å². The monoisotopic (exact) mass is 388 g/mol. The van der Waals surface area contributed by atoms with Gasteiger partial charge in [-0.05, 0) is 24.1 Å². The molecule has 1 unspecified atom stereocenters. The third kappa shape index (κ3) is 2.59. The summed E-state index contributed by atoms with van der Waals surface area (Å²) in [6, 6.07) is 4.46. The predicted molar refractivity (Wildman–Crippen MR) is 97.7 cm³/mol. The molecule has 6 atom stereocenters. The summed E-state index contributed by atoms with van der Waals surface area (Å²) in [5, 5.41) is 0. The van der Waals surface area contributed by atoms with Crippen LogP contribution < -0.4 is 9.47 Å². The third-order valence-corrected chi connectivity index (χ3v) is 6.98. The molecule has 3 aliphatic heterocycles. The molecule has 1 aromatic rings. The number of nitrogens with zero attached hydrogens (tertiary/aromatic N) is 1. The maximum atomic E-state index is 12.0. The molecule has 0 N–H and O–H groups in total. The van der Waals surface area contributed by atoms with Crippen LogP contribution in [0.5, 0.6) is 11.5 Å². The van der Waals surface area contributed by atoms with Gasteiger partial charge in [0.1, 0.15) is 18.7 Å². The number of fused-ring (bicyclic) bond motifs is 3. The Hall–Kier alpha value is -2.28. The molecule has 1 aliphatic carbocycles. The lowest BCUT2D eigenvalue weighted by Gasteiger charge is -2.52. The molecule has 1 saturated carbocycles. The number of carbonyl (C=O) groups is 2. The first-order chi connectivity index (χ1) is 13.4. The molecule has 150 valence electrons. The predicted octanol–water partition coefficient (Wildman–Crippen LogP) is 2.11. The van der Waals surface area contributed by atoms with E-state index in [1.165, 1.54) is 19.4 Å². The molecule has 0 bridgehead atoms. The van der Waals surface area contributed by atoms with Gasteiger partial charge in [0.2, 0.25) is 6.79 Å². The molecule has 0 aromatic heterocycles. The van der Waals surface area contributed by atoms with Crippen LogP contribution in [0.4, 0.5) is 0 Å². The standard InChI is InChI=1S/C21H26NO6/c1-11(23)27-18-6-13-4-5-22(3)9-14-7-16-17(26-10-25-16)8-15(14)19(20(13)22)21(18)28-12(2)24/h7-8,13,18-21H,4-6,9-10H2,1-3H3/q+1/t13-,18+,19+,20-,21-,22?/m1/s1. The molecule has 3 heterocycles. The van der Waals surface area contributed by atoms with Crippen LogP contribution >= 0.6 is 0 Å². The number of hydrogen-bond acceptors (Lipinski definition) is 6. The zero-order valence-electron chi connectivity index (χ0n) is 16.5. The number of carbonyl (C=O) groups excluding carboxylic acids is 2. The van der Waals surface area contributed by atoms with Crippen LogP contribution in [0.1, 0.15) is 43.7 Å². The van der Waals surface area contributed by atoms with Gasteiger partial charge in [0.05, 0.1) is 19.5 Å². The zero-order chi connectivity index (χ0) is 19.6. The summed E-state index contributed by atoms with van der Waals surface area (Å²) in [5.74, 6) is 1.23. The molecule has 28 heavy (non-hydrogen) atoms. The molecule has 2 fully saturated rings. The fraction of sp³-hybridized carbons (Fsp3) is 0.619. The van der Waals surface area contributed by atoms with Crippen LogP contribution in [0.15, 0.2) is 12.1 Å². The van der Waals surface area contributed by atoms with Crippen molar-refractivity contribution in [2.45, 2.75) is 57.4 Å².